The Morgan fingerprint density at radius 3 is 2.80 bits per heavy atom. The van der Waals surface area contributed by atoms with Gasteiger partial charge in [-0.3, -0.25) is 9.48 Å². The van der Waals surface area contributed by atoms with E-state index in [-0.39, 0.29) is 10.6 Å². The van der Waals surface area contributed by atoms with Crippen LogP contribution in [0.5, 0.6) is 0 Å². The molecule has 0 atom stereocenters. The third-order valence-corrected chi connectivity index (χ3v) is 2.89. The lowest BCUT2D eigenvalue weighted by molar-refractivity contribution is 0.0952. The normalized spacial score (nSPS) is 10.6. The monoisotopic (exact) mass is 300 g/mol. The SMILES string of the molecule is O=C(NCCCn1ccnn1)c1cc(F)c(F)cc1Cl. The van der Waals surface area contributed by atoms with Crippen LogP contribution in [-0.2, 0) is 6.54 Å². The van der Waals surface area contributed by atoms with Crippen LogP contribution in [0, 0.1) is 11.6 Å². The highest BCUT2D eigenvalue weighted by molar-refractivity contribution is 6.33. The first-order valence-corrected chi connectivity index (χ1v) is 6.22. The van der Waals surface area contributed by atoms with Crippen LogP contribution in [0.25, 0.3) is 0 Å². The Kier molecular flexibility index (Phi) is 4.62. The molecule has 1 amide bonds. The molecule has 0 spiro atoms. The fourth-order valence-corrected chi connectivity index (χ4v) is 1.82. The number of nitrogens with zero attached hydrogens (tertiary/aromatic N) is 3. The van der Waals surface area contributed by atoms with Crippen molar-refractivity contribution in [3.63, 3.8) is 0 Å². The molecule has 0 aliphatic heterocycles. The Hall–Kier alpha value is -2.02. The number of hydrogen-bond donors (Lipinski definition) is 1. The van der Waals surface area contributed by atoms with Crippen molar-refractivity contribution in [3.05, 3.63) is 46.7 Å². The summed E-state index contributed by atoms with van der Waals surface area (Å²) in [6.45, 7) is 0.944. The van der Waals surface area contributed by atoms with E-state index in [2.05, 4.69) is 15.6 Å². The summed E-state index contributed by atoms with van der Waals surface area (Å²) in [4.78, 5) is 11.8. The third-order valence-electron chi connectivity index (χ3n) is 2.58. The summed E-state index contributed by atoms with van der Waals surface area (Å²) < 4.78 is 27.6. The maximum Gasteiger partial charge on any atom is 0.252 e. The first-order chi connectivity index (χ1) is 9.58. The van der Waals surface area contributed by atoms with E-state index in [1.165, 1.54) is 0 Å². The number of aromatic nitrogens is 3. The number of halogens is 3. The lowest BCUT2D eigenvalue weighted by Crippen LogP contribution is -2.25. The van der Waals surface area contributed by atoms with E-state index in [4.69, 9.17) is 11.6 Å². The molecule has 0 radical (unpaired) electrons. The number of nitrogens with one attached hydrogen (secondary N) is 1. The Labute approximate surface area is 118 Å². The van der Waals surface area contributed by atoms with Gasteiger partial charge in [0.25, 0.3) is 5.91 Å². The molecular formula is C12H11ClF2N4O. The van der Waals surface area contributed by atoms with E-state index >= 15 is 0 Å². The molecular weight excluding hydrogens is 290 g/mol. The Bertz CT molecular complexity index is 604. The number of carbonyl (C=O) groups excluding carboxylic acids is 1. The lowest BCUT2D eigenvalue weighted by Gasteiger charge is -2.07. The van der Waals surface area contributed by atoms with Crippen molar-refractivity contribution >= 4 is 17.5 Å². The molecule has 0 saturated carbocycles. The molecule has 0 aliphatic rings. The molecule has 0 fully saturated rings. The molecule has 2 aromatic rings. The fourth-order valence-electron chi connectivity index (χ4n) is 1.59. The zero-order valence-corrected chi connectivity index (χ0v) is 11.1. The second-order valence-corrected chi connectivity index (χ2v) is 4.43. The van der Waals surface area contributed by atoms with E-state index in [0.29, 0.717) is 19.5 Å². The van der Waals surface area contributed by atoms with Crippen molar-refractivity contribution in [2.45, 2.75) is 13.0 Å². The van der Waals surface area contributed by atoms with Crippen LogP contribution in [0.15, 0.2) is 24.5 Å². The Morgan fingerprint density at radius 2 is 2.10 bits per heavy atom. The van der Waals surface area contributed by atoms with Gasteiger partial charge in [-0.2, -0.15) is 0 Å². The Morgan fingerprint density at radius 1 is 1.35 bits per heavy atom. The molecule has 0 aliphatic carbocycles. The number of amides is 1. The van der Waals surface area contributed by atoms with Gasteiger partial charge >= 0.3 is 0 Å². The zero-order chi connectivity index (χ0) is 14.5. The van der Waals surface area contributed by atoms with Gasteiger partial charge in [-0.05, 0) is 18.6 Å². The van der Waals surface area contributed by atoms with Crippen molar-refractivity contribution in [3.8, 4) is 0 Å². The number of rotatable bonds is 5. The first-order valence-electron chi connectivity index (χ1n) is 5.85. The van der Waals surface area contributed by atoms with Crippen LogP contribution in [-0.4, -0.2) is 27.4 Å². The van der Waals surface area contributed by atoms with Crippen LogP contribution in [0.4, 0.5) is 8.78 Å². The molecule has 1 aromatic carbocycles. The molecule has 0 saturated heterocycles. The van der Waals surface area contributed by atoms with Gasteiger partial charge in [-0.15, -0.1) is 5.10 Å². The number of aryl methyl sites for hydroxylation is 1. The molecule has 20 heavy (non-hydrogen) atoms. The summed E-state index contributed by atoms with van der Waals surface area (Å²) in [7, 11) is 0. The van der Waals surface area contributed by atoms with Crippen molar-refractivity contribution < 1.29 is 13.6 Å². The minimum absolute atomic E-state index is 0.0914. The smallest absolute Gasteiger partial charge is 0.252 e. The van der Waals surface area contributed by atoms with Gasteiger partial charge in [0.05, 0.1) is 16.8 Å². The van der Waals surface area contributed by atoms with Gasteiger partial charge in [0.1, 0.15) is 0 Å². The van der Waals surface area contributed by atoms with Crippen LogP contribution < -0.4 is 5.32 Å². The lowest BCUT2D eigenvalue weighted by atomic mass is 10.2. The minimum Gasteiger partial charge on any atom is -0.352 e. The van der Waals surface area contributed by atoms with E-state index in [1.54, 1.807) is 17.1 Å². The van der Waals surface area contributed by atoms with Crippen molar-refractivity contribution in [2.75, 3.05) is 6.54 Å². The minimum atomic E-state index is -1.11. The van der Waals surface area contributed by atoms with Crippen molar-refractivity contribution in [1.29, 1.82) is 0 Å². The number of hydrogen-bond acceptors (Lipinski definition) is 3. The second kappa shape index (κ2) is 6.42. The van der Waals surface area contributed by atoms with Gasteiger partial charge < -0.3 is 5.32 Å². The summed E-state index contributed by atoms with van der Waals surface area (Å²) in [6, 6.07) is 1.56. The van der Waals surface area contributed by atoms with Crippen LogP contribution >= 0.6 is 11.6 Å². The molecule has 8 heteroatoms. The van der Waals surface area contributed by atoms with Crippen molar-refractivity contribution in [1.82, 2.24) is 20.3 Å². The average Bonchev–Trinajstić information content (AvgIpc) is 2.92. The topological polar surface area (TPSA) is 59.8 Å². The average molecular weight is 301 g/mol. The molecule has 1 N–H and O–H groups in total. The molecule has 106 valence electrons. The second-order valence-electron chi connectivity index (χ2n) is 4.02. The largest absolute Gasteiger partial charge is 0.352 e. The van der Waals surface area contributed by atoms with Crippen LogP contribution in [0.1, 0.15) is 16.8 Å². The third kappa shape index (κ3) is 3.51. The molecule has 2 rings (SSSR count). The molecule has 1 heterocycles. The summed E-state index contributed by atoms with van der Waals surface area (Å²) in [6.07, 6.45) is 3.88. The molecule has 0 unspecified atom stereocenters. The summed E-state index contributed by atoms with van der Waals surface area (Å²) in [5.41, 5.74) is -0.0914. The van der Waals surface area contributed by atoms with E-state index in [1.807, 2.05) is 0 Å². The quantitative estimate of drug-likeness (QED) is 0.679. The van der Waals surface area contributed by atoms with Crippen LogP contribution in [0.2, 0.25) is 5.02 Å². The molecule has 1 aromatic heterocycles. The van der Waals surface area contributed by atoms with Gasteiger partial charge in [0, 0.05) is 19.3 Å². The predicted octanol–water partition coefficient (Wildman–Crippen LogP) is 2.03. The molecule has 0 bridgehead atoms. The fraction of sp³-hybridized carbons (Fsp3) is 0.250. The standard InChI is InChI=1S/C12H11ClF2N4O/c13-9-7-11(15)10(14)6-8(9)12(20)16-2-1-4-19-5-3-17-18-19/h3,5-7H,1-2,4H2,(H,16,20). The van der Waals surface area contributed by atoms with Gasteiger partial charge in [-0.1, -0.05) is 16.8 Å². The first kappa shape index (κ1) is 14.4. The maximum atomic E-state index is 13.1. The highest BCUT2D eigenvalue weighted by Gasteiger charge is 2.14. The number of benzene rings is 1. The molecule has 5 nitrogen and oxygen atoms in total. The highest BCUT2D eigenvalue weighted by atomic mass is 35.5. The summed E-state index contributed by atoms with van der Waals surface area (Å²) >= 11 is 5.70. The Balaban J connectivity index is 1.87. The summed E-state index contributed by atoms with van der Waals surface area (Å²) in [5.74, 6) is -2.74. The van der Waals surface area contributed by atoms with Gasteiger partial charge in [-0.25, -0.2) is 8.78 Å². The van der Waals surface area contributed by atoms with E-state index < -0.39 is 17.5 Å². The zero-order valence-electron chi connectivity index (χ0n) is 10.3. The van der Waals surface area contributed by atoms with Crippen molar-refractivity contribution in [2.24, 2.45) is 0 Å². The predicted molar refractivity (Wildman–Crippen MR) is 68.3 cm³/mol. The van der Waals surface area contributed by atoms with Crippen LogP contribution in [0.3, 0.4) is 0 Å². The maximum absolute atomic E-state index is 13.1. The highest BCUT2D eigenvalue weighted by Crippen LogP contribution is 2.19. The summed E-state index contributed by atoms with van der Waals surface area (Å²) in [5, 5.41) is 9.86. The van der Waals surface area contributed by atoms with E-state index in [9.17, 15) is 13.6 Å². The van der Waals surface area contributed by atoms with Gasteiger partial charge in [0.15, 0.2) is 11.6 Å². The van der Waals surface area contributed by atoms with Gasteiger partial charge in [0.2, 0.25) is 0 Å². The number of carbonyl (C=O) groups is 1. The van der Waals surface area contributed by atoms with E-state index in [0.717, 1.165) is 12.1 Å².